The minimum Gasteiger partial charge on any atom is -0.496 e. The van der Waals surface area contributed by atoms with Gasteiger partial charge in [-0.05, 0) is 6.92 Å². The molecule has 0 unspecified atom stereocenters. The molecule has 1 aromatic heterocycles. The summed E-state index contributed by atoms with van der Waals surface area (Å²) < 4.78 is 6.26. The molecule has 0 spiro atoms. The van der Waals surface area contributed by atoms with Crippen molar-refractivity contribution in [2.75, 3.05) is 0 Å². The van der Waals surface area contributed by atoms with E-state index in [4.69, 9.17) is 10.0 Å². The lowest BCUT2D eigenvalue weighted by Crippen LogP contribution is -2.21. The van der Waals surface area contributed by atoms with Gasteiger partial charge < -0.3 is 19.3 Å². The zero-order chi connectivity index (χ0) is 8.43. The molecule has 2 N–H and O–H groups in total. The summed E-state index contributed by atoms with van der Waals surface area (Å²) >= 11 is 0. The molecule has 0 bridgehead atoms. The molecule has 5 nitrogen and oxygen atoms in total. The first kappa shape index (κ1) is 8.09. The fraction of sp³-hybridized carbons (Fsp3) is 0.400. The first-order chi connectivity index (χ1) is 5.11. The molecule has 0 aliphatic heterocycles. The predicted molar refractivity (Wildman–Crippen MR) is 38.8 cm³/mol. The van der Waals surface area contributed by atoms with Crippen molar-refractivity contribution in [2.24, 2.45) is 7.05 Å². The molecule has 1 heterocycles. The lowest BCUT2D eigenvalue weighted by Gasteiger charge is -2.01. The molecule has 0 fully saturated rings. The fourth-order valence-corrected chi connectivity index (χ4v) is 0.685. The van der Waals surface area contributed by atoms with Gasteiger partial charge in [-0.1, -0.05) is 0 Å². The molecule has 1 rings (SSSR count). The van der Waals surface area contributed by atoms with Crippen molar-refractivity contribution in [2.45, 2.75) is 6.92 Å². The molecule has 11 heavy (non-hydrogen) atoms. The van der Waals surface area contributed by atoms with E-state index in [-0.39, 0.29) is 5.88 Å². The Kier molecular flexibility index (Phi) is 2.16. The van der Waals surface area contributed by atoms with Crippen LogP contribution in [0, 0.1) is 6.92 Å². The van der Waals surface area contributed by atoms with Crippen LogP contribution in [0.3, 0.4) is 0 Å². The molecule has 0 saturated heterocycles. The van der Waals surface area contributed by atoms with Crippen LogP contribution in [-0.4, -0.2) is 26.9 Å². The molecule has 0 atom stereocenters. The van der Waals surface area contributed by atoms with Crippen LogP contribution < -0.4 is 4.65 Å². The van der Waals surface area contributed by atoms with E-state index in [1.807, 2.05) is 0 Å². The Morgan fingerprint density at radius 2 is 2.27 bits per heavy atom. The molecular weight excluding hydrogens is 147 g/mol. The Balaban J connectivity index is 2.79. The van der Waals surface area contributed by atoms with Crippen LogP contribution in [-0.2, 0) is 7.05 Å². The standard InChI is InChI=1S/C5H9BN2O3/c1-4-5(11-6(9)10)7-3-8(4)2/h3,9-10H,1-2H3. The van der Waals surface area contributed by atoms with Crippen LogP contribution in [0.4, 0.5) is 0 Å². The number of aromatic nitrogens is 2. The summed E-state index contributed by atoms with van der Waals surface area (Å²) in [5, 5.41) is 16.8. The molecule has 0 aliphatic carbocycles. The normalized spacial score (nSPS) is 9.82. The zero-order valence-electron chi connectivity index (χ0n) is 6.35. The second-order valence-electron chi connectivity index (χ2n) is 2.19. The quantitative estimate of drug-likeness (QED) is 0.543. The second kappa shape index (κ2) is 2.94. The van der Waals surface area contributed by atoms with Gasteiger partial charge in [-0.2, -0.15) is 0 Å². The van der Waals surface area contributed by atoms with E-state index in [9.17, 15) is 0 Å². The first-order valence-electron chi connectivity index (χ1n) is 3.12. The molecule has 1 aromatic rings. The maximum absolute atomic E-state index is 8.42. The smallest absolute Gasteiger partial charge is 0.496 e. The van der Waals surface area contributed by atoms with Crippen molar-refractivity contribution in [1.82, 2.24) is 9.55 Å². The Labute approximate surface area is 64.4 Å². The third-order valence-corrected chi connectivity index (χ3v) is 1.40. The van der Waals surface area contributed by atoms with Gasteiger partial charge in [0.2, 0.25) is 5.88 Å². The van der Waals surface area contributed by atoms with Crippen LogP contribution in [0.2, 0.25) is 0 Å². The molecule has 0 aliphatic rings. The highest BCUT2D eigenvalue weighted by atomic mass is 16.6. The van der Waals surface area contributed by atoms with E-state index in [0.29, 0.717) is 0 Å². The summed E-state index contributed by atoms with van der Waals surface area (Å²) in [5.74, 6) is 0.238. The summed E-state index contributed by atoms with van der Waals surface area (Å²) in [4.78, 5) is 3.78. The third kappa shape index (κ3) is 1.72. The topological polar surface area (TPSA) is 67.5 Å². The number of hydrogen-bond donors (Lipinski definition) is 2. The molecule has 0 radical (unpaired) electrons. The van der Waals surface area contributed by atoms with Gasteiger partial charge in [-0.25, -0.2) is 4.98 Å². The highest BCUT2D eigenvalue weighted by Gasteiger charge is 2.15. The maximum Gasteiger partial charge on any atom is 0.708 e. The van der Waals surface area contributed by atoms with Crippen LogP contribution in [0.15, 0.2) is 6.33 Å². The monoisotopic (exact) mass is 156 g/mol. The summed E-state index contributed by atoms with van der Waals surface area (Å²) in [7, 11) is -0.0116. The summed E-state index contributed by atoms with van der Waals surface area (Å²) in [6, 6.07) is 0. The van der Waals surface area contributed by atoms with Gasteiger partial charge in [0.05, 0.1) is 12.0 Å². The van der Waals surface area contributed by atoms with Crippen molar-refractivity contribution >= 4 is 7.32 Å². The summed E-state index contributed by atoms with van der Waals surface area (Å²) in [6.45, 7) is 1.77. The minimum atomic E-state index is -1.80. The van der Waals surface area contributed by atoms with Crippen molar-refractivity contribution in [3.63, 3.8) is 0 Å². The van der Waals surface area contributed by atoms with Gasteiger partial charge in [0, 0.05) is 7.05 Å². The van der Waals surface area contributed by atoms with E-state index in [0.717, 1.165) is 5.69 Å². The maximum atomic E-state index is 8.42. The van der Waals surface area contributed by atoms with Gasteiger partial charge in [0.15, 0.2) is 0 Å². The molecule has 6 heteroatoms. The van der Waals surface area contributed by atoms with Crippen molar-refractivity contribution in [1.29, 1.82) is 0 Å². The van der Waals surface area contributed by atoms with Gasteiger partial charge in [-0.15, -0.1) is 0 Å². The number of imidazole rings is 1. The van der Waals surface area contributed by atoms with Crippen LogP contribution >= 0.6 is 0 Å². The van der Waals surface area contributed by atoms with Crippen molar-refractivity contribution in [3.8, 4) is 5.88 Å². The predicted octanol–water partition coefficient (Wildman–Crippen LogP) is -0.923. The molecule has 60 valence electrons. The fourth-order valence-electron chi connectivity index (χ4n) is 0.685. The van der Waals surface area contributed by atoms with E-state index in [2.05, 4.69) is 9.64 Å². The van der Waals surface area contributed by atoms with Gasteiger partial charge >= 0.3 is 7.32 Å². The van der Waals surface area contributed by atoms with E-state index < -0.39 is 7.32 Å². The Morgan fingerprint density at radius 3 is 2.64 bits per heavy atom. The van der Waals surface area contributed by atoms with Gasteiger partial charge in [-0.3, -0.25) is 0 Å². The third-order valence-electron chi connectivity index (χ3n) is 1.40. The first-order valence-corrected chi connectivity index (χ1v) is 3.12. The van der Waals surface area contributed by atoms with E-state index in [1.54, 1.807) is 18.5 Å². The Bertz CT molecular complexity index is 248. The van der Waals surface area contributed by atoms with Crippen molar-refractivity contribution < 1.29 is 14.7 Å². The van der Waals surface area contributed by atoms with Gasteiger partial charge in [0.25, 0.3) is 0 Å². The SMILES string of the molecule is Cc1c(OB(O)O)ncn1C. The average Bonchev–Trinajstić information content (AvgIpc) is 2.18. The van der Waals surface area contributed by atoms with Crippen molar-refractivity contribution in [3.05, 3.63) is 12.0 Å². The zero-order valence-corrected chi connectivity index (χ0v) is 6.35. The highest BCUT2D eigenvalue weighted by Crippen LogP contribution is 2.12. The van der Waals surface area contributed by atoms with Crippen LogP contribution in [0.5, 0.6) is 5.88 Å². The Hall–Kier alpha value is -1.01. The number of rotatable bonds is 2. The largest absolute Gasteiger partial charge is 0.708 e. The van der Waals surface area contributed by atoms with Gasteiger partial charge in [0.1, 0.15) is 0 Å². The number of hydrogen-bond acceptors (Lipinski definition) is 4. The lowest BCUT2D eigenvalue weighted by atomic mass is 10.2. The molecule has 0 saturated carbocycles. The van der Waals surface area contributed by atoms with Crippen LogP contribution in [0.25, 0.3) is 0 Å². The Morgan fingerprint density at radius 1 is 1.64 bits per heavy atom. The second-order valence-corrected chi connectivity index (χ2v) is 2.19. The number of nitrogens with zero attached hydrogens (tertiary/aromatic N) is 2. The molecule has 0 amide bonds. The highest BCUT2D eigenvalue weighted by molar-refractivity contribution is 6.33. The van der Waals surface area contributed by atoms with E-state index in [1.165, 1.54) is 6.33 Å². The summed E-state index contributed by atoms with van der Waals surface area (Å²) in [6.07, 6.45) is 1.53. The minimum absolute atomic E-state index is 0.238. The van der Waals surface area contributed by atoms with E-state index >= 15 is 0 Å². The molecule has 0 aromatic carbocycles. The molecular formula is C5H9BN2O3. The average molecular weight is 156 g/mol. The number of aryl methyl sites for hydroxylation is 1. The summed E-state index contributed by atoms with van der Waals surface area (Å²) in [5.41, 5.74) is 0.748. The lowest BCUT2D eigenvalue weighted by molar-refractivity contribution is 0.283. The van der Waals surface area contributed by atoms with Crippen LogP contribution in [0.1, 0.15) is 5.69 Å².